The van der Waals surface area contributed by atoms with Gasteiger partial charge < -0.3 is 10.3 Å². The Balaban J connectivity index is 1.86. The van der Waals surface area contributed by atoms with Gasteiger partial charge in [-0.25, -0.2) is 37.8 Å². The van der Waals surface area contributed by atoms with E-state index in [1.165, 1.54) is 12.4 Å². The van der Waals surface area contributed by atoms with Crippen molar-refractivity contribution in [3.05, 3.63) is 42.2 Å². The maximum absolute atomic E-state index is 13.2. The number of hydrogen-bond donors (Lipinski definition) is 7. The van der Waals surface area contributed by atoms with Crippen molar-refractivity contribution in [2.45, 2.75) is 21.2 Å². The molecule has 0 unspecified atom stereocenters. The van der Waals surface area contributed by atoms with Crippen LogP contribution in [0.25, 0.3) is 22.2 Å². The van der Waals surface area contributed by atoms with Crippen LogP contribution in [0.5, 0.6) is 0 Å². The second kappa shape index (κ2) is 7.32. The fraction of sp³-hybridized carbons (Fsp3) is 0.235. The highest BCUT2D eigenvalue weighted by Gasteiger charge is 2.39. The van der Waals surface area contributed by atoms with Gasteiger partial charge in [0.2, 0.25) is 10.0 Å². The summed E-state index contributed by atoms with van der Waals surface area (Å²) in [4.78, 5) is 6.60. The first-order chi connectivity index (χ1) is 14.8. The van der Waals surface area contributed by atoms with E-state index in [4.69, 9.17) is 5.14 Å². The quantitative estimate of drug-likeness (QED) is 0.240. The number of primary sulfonamides is 1. The zero-order valence-corrected chi connectivity index (χ0v) is 17.6. The lowest BCUT2D eigenvalue weighted by Gasteiger charge is -2.29. The van der Waals surface area contributed by atoms with Crippen LogP contribution in [0.15, 0.2) is 46.5 Å². The van der Waals surface area contributed by atoms with Crippen LogP contribution in [-0.4, -0.2) is 45.1 Å². The molecule has 164 valence electrons. The molecule has 0 saturated carbocycles. The topological polar surface area (TPSA) is 183 Å². The van der Waals surface area contributed by atoms with E-state index in [0.29, 0.717) is 16.6 Å². The van der Waals surface area contributed by atoms with Gasteiger partial charge in [0, 0.05) is 24.2 Å². The molecule has 0 aliphatic carbocycles. The van der Waals surface area contributed by atoms with Crippen molar-refractivity contribution in [1.82, 2.24) is 37.2 Å². The van der Waals surface area contributed by atoms with E-state index in [0.717, 1.165) is 5.52 Å². The third-order valence-electron chi connectivity index (χ3n) is 5.46. The molecule has 3 heterocycles. The van der Waals surface area contributed by atoms with Gasteiger partial charge in [-0.3, -0.25) is 0 Å². The lowest BCUT2D eigenvalue weighted by Crippen LogP contribution is -2.51. The van der Waals surface area contributed by atoms with Crippen LogP contribution >= 0.6 is 0 Å². The van der Waals surface area contributed by atoms with Crippen molar-refractivity contribution in [2.75, 3.05) is 13.1 Å². The van der Waals surface area contributed by atoms with Crippen molar-refractivity contribution in [2.24, 2.45) is 5.14 Å². The van der Waals surface area contributed by atoms with Crippen molar-refractivity contribution in [3.63, 3.8) is 0 Å². The smallest absolute Gasteiger partial charge is 0.239 e. The minimum absolute atomic E-state index is 0.170. The normalized spacial score (nSPS) is 18.5. The number of hydrogen-bond acceptors (Lipinski definition) is 10. The summed E-state index contributed by atoms with van der Waals surface area (Å²) in [5.74, 6) is 0. The van der Waals surface area contributed by atoms with Gasteiger partial charge in [-0.15, -0.1) is 0 Å². The molecule has 31 heavy (non-hydrogen) atoms. The molecular weight excluding hydrogens is 444 g/mol. The van der Waals surface area contributed by atoms with E-state index < -0.39 is 36.2 Å². The van der Waals surface area contributed by atoms with Crippen molar-refractivity contribution in [1.29, 1.82) is 0 Å². The molecule has 2 aliphatic heterocycles. The Morgan fingerprint density at radius 1 is 0.968 bits per heavy atom. The Hall–Kier alpha value is -2.43. The third kappa shape index (κ3) is 3.33. The van der Waals surface area contributed by atoms with Crippen molar-refractivity contribution in [3.8, 4) is 11.1 Å². The number of rotatable bonds is 5. The Labute approximate surface area is 177 Å². The summed E-state index contributed by atoms with van der Waals surface area (Å²) in [6.45, 7) is 0.498. The zero-order chi connectivity index (χ0) is 21.8. The molecule has 0 radical (unpaired) electrons. The van der Waals surface area contributed by atoms with E-state index in [1.54, 1.807) is 18.2 Å². The molecule has 2 aromatic carbocycles. The van der Waals surface area contributed by atoms with Crippen LogP contribution in [0.4, 0.5) is 0 Å². The number of fused-ring (bicyclic) bond motifs is 1. The number of hydrazine groups is 3. The van der Waals surface area contributed by atoms with Gasteiger partial charge in [0.25, 0.3) is 0 Å². The molecule has 0 bridgehead atoms. The number of nitrogens with two attached hydrogens (primary N) is 1. The molecule has 2 fully saturated rings. The number of sulfonamides is 1. The molecule has 0 amide bonds. The second-order valence-corrected chi connectivity index (χ2v) is 11.0. The van der Waals surface area contributed by atoms with Gasteiger partial charge in [-0.2, -0.15) is 11.1 Å². The Kier molecular flexibility index (Phi) is 4.83. The summed E-state index contributed by atoms with van der Waals surface area (Å²) >= 11 is 0. The summed E-state index contributed by atoms with van der Waals surface area (Å²) in [6, 6.07) is 8.33. The third-order valence-corrected chi connectivity index (χ3v) is 8.76. The molecule has 2 aliphatic rings. The van der Waals surface area contributed by atoms with Crippen LogP contribution in [0.3, 0.4) is 0 Å². The fourth-order valence-corrected chi connectivity index (χ4v) is 7.10. The molecule has 8 N–H and O–H groups in total. The number of para-hydroxylation sites is 1. The highest BCUT2D eigenvalue weighted by molar-refractivity contribution is 7.94. The highest BCUT2D eigenvalue weighted by Crippen LogP contribution is 2.39. The SMILES string of the molecule is NS(=O)(=O)c1c(S(=O)(=O)C2CNC2)ccc(-c2cccc3[nH]cnc23)c1C1NNNN1. The first-order valence-electron chi connectivity index (χ1n) is 9.36. The number of sulfone groups is 1. The lowest BCUT2D eigenvalue weighted by atomic mass is 9.96. The average Bonchev–Trinajstić information content (AvgIpc) is 3.35. The van der Waals surface area contributed by atoms with Crippen LogP contribution < -0.4 is 32.4 Å². The van der Waals surface area contributed by atoms with Crippen LogP contribution in [0.2, 0.25) is 0 Å². The minimum atomic E-state index is -4.44. The fourth-order valence-electron chi connectivity index (χ4n) is 3.86. The molecule has 5 rings (SSSR count). The number of imidazole rings is 1. The zero-order valence-electron chi connectivity index (χ0n) is 16.0. The van der Waals surface area contributed by atoms with Crippen molar-refractivity contribution >= 4 is 30.9 Å². The Morgan fingerprint density at radius 3 is 2.35 bits per heavy atom. The predicted octanol–water partition coefficient (Wildman–Crippen LogP) is -1.26. The summed E-state index contributed by atoms with van der Waals surface area (Å²) in [5.41, 5.74) is 13.6. The summed E-state index contributed by atoms with van der Waals surface area (Å²) in [5, 5.41) is 7.78. The minimum Gasteiger partial charge on any atom is -0.345 e. The van der Waals surface area contributed by atoms with E-state index in [1.807, 2.05) is 6.07 Å². The first-order valence-corrected chi connectivity index (χ1v) is 12.5. The number of benzene rings is 2. The Morgan fingerprint density at radius 2 is 1.71 bits per heavy atom. The van der Waals surface area contributed by atoms with Gasteiger partial charge in [-0.05, 0) is 17.7 Å². The molecule has 0 spiro atoms. The molecule has 12 nitrogen and oxygen atoms in total. The number of H-pyrrole nitrogens is 1. The largest absolute Gasteiger partial charge is 0.345 e. The molecule has 3 aromatic rings. The molecule has 0 atom stereocenters. The number of aromatic nitrogens is 2. The predicted molar refractivity (Wildman–Crippen MR) is 112 cm³/mol. The second-order valence-electron chi connectivity index (χ2n) is 7.30. The van der Waals surface area contributed by atoms with Gasteiger partial charge in [0.1, 0.15) is 11.1 Å². The van der Waals surface area contributed by atoms with E-state index in [9.17, 15) is 16.8 Å². The Bertz CT molecular complexity index is 1380. The molecule has 2 saturated heterocycles. The number of nitrogens with one attached hydrogen (secondary N) is 6. The van der Waals surface area contributed by atoms with E-state index in [2.05, 4.69) is 37.2 Å². The van der Waals surface area contributed by atoms with Gasteiger partial charge in [0.15, 0.2) is 9.84 Å². The van der Waals surface area contributed by atoms with Crippen LogP contribution in [0, 0.1) is 0 Å². The van der Waals surface area contributed by atoms with Gasteiger partial charge in [0.05, 0.1) is 27.5 Å². The van der Waals surface area contributed by atoms with Crippen LogP contribution in [0.1, 0.15) is 11.7 Å². The molecule has 1 aromatic heterocycles. The van der Waals surface area contributed by atoms with Gasteiger partial charge in [-0.1, -0.05) is 18.2 Å². The maximum atomic E-state index is 13.2. The van der Waals surface area contributed by atoms with Gasteiger partial charge >= 0.3 is 0 Å². The number of nitrogens with zero attached hydrogens (tertiary/aromatic N) is 1. The summed E-state index contributed by atoms with van der Waals surface area (Å²) in [6.07, 6.45) is 0.735. The standard InChI is InChI=1S/C17H20N8O4S2/c18-31(28,29)16-13(30(26,27)9-6-19-7-9)5-4-10(14(16)17-22-24-25-23-17)11-2-1-3-12-15(11)21-8-20-12/h1-5,8-9,17,19,22-25H,6-7H2,(H,20,21)(H2,18,28,29). The average molecular weight is 465 g/mol. The lowest BCUT2D eigenvalue weighted by molar-refractivity contribution is 0.491. The summed E-state index contributed by atoms with van der Waals surface area (Å²) in [7, 11) is -8.37. The number of aromatic amines is 1. The molecular formula is C17H20N8O4S2. The monoisotopic (exact) mass is 464 g/mol. The van der Waals surface area contributed by atoms with E-state index >= 15 is 0 Å². The first kappa shape index (κ1) is 20.5. The molecule has 14 heteroatoms. The summed E-state index contributed by atoms with van der Waals surface area (Å²) < 4.78 is 52.0. The highest BCUT2D eigenvalue weighted by atomic mass is 32.2. The van der Waals surface area contributed by atoms with Crippen LogP contribution in [-0.2, 0) is 19.9 Å². The van der Waals surface area contributed by atoms with Crippen molar-refractivity contribution < 1.29 is 16.8 Å². The van der Waals surface area contributed by atoms with E-state index in [-0.39, 0.29) is 23.5 Å². The maximum Gasteiger partial charge on any atom is 0.239 e.